The number of carbonyl (C=O) groups excluding carboxylic acids is 1. The molecule has 0 aromatic heterocycles. The van der Waals surface area contributed by atoms with Crippen LogP contribution >= 0.6 is 0 Å². The Labute approximate surface area is 120 Å². The van der Waals surface area contributed by atoms with Crippen molar-refractivity contribution >= 4 is 12.0 Å². The molecule has 1 aliphatic carbocycles. The van der Waals surface area contributed by atoms with Gasteiger partial charge in [-0.05, 0) is 37.5 Å². The lowest BCUT2D eigenvalue weighted by Crippen LogP contribution is -2.43. The first kappa shape index (κ1) is 15.1. The normalized spacial score (nSPS) is 27.4. The summed E-state index contributed by atoms with van der Waals surface area (Å²) < 4.78 is 0. The number of carboxylic acids is 1. The van der Waals surface area contributed by atoms with Crippen molar-refractivity contribution in [3.63, 3.8) is 0 Å². The van der Waals surface area contributed by atoms with Gasteiger partial charge in [-0.25, -0.2) is 4.79 Å². The molecule has 2 amide bonds. The fourth-order valence-corrected chi connectivity index (χ4v) is 3.26. The molecule has 2 rings (SSSR count). The third kappa shape index (κ3) is 2.91. The third-order valence-electron chi connectivity index (χ3n) is 5.12. The van der Waals surface area contributed by atoms with E-state index >= 15 is 0 Å². The summed E-state index contributed by atoms with van der Waals surface area (Å²) in [5.41, 5.74) is -0.406. The molecule has 0 radical (unpaired) electrons. The van der Waals surface area contributed by atoms with E-state index < -0.39 is 11.4 Å². The molecule has 1 saturated heterocycles. The van der Waals surface area contributed by atoms with Gasteiger partial charge in [-0.1, -0.05) is 20.3 Å². The van der Waals surface area contributed by atoms with Crippen LogP contribution in [0.15, 0.2) is 0 Å². The van der Waals surface area contributed by atoms with Gasteiger partial charge >= 0.3 is 12.0 Å². The van der Waals surface area contributed by atoms with E-state index in [1.807, 2.05) is 6.92 Å². The van der Waals surface area contributed by atoms with E-state index in [-0.39, 0.29) is 6.03 Å². The first-order chi connectivity index (χ1) is 9.47. The van der Waals surface area contributed by atoms with E-state index in [9.17, 15) is 14.7 Å². The first-order valence-corrected chi connectivity index (χ1v) is 7.73. The Morgan fingerprint density at radius 2 is 1.95 bits per heavy atom. The molecule has 0 aromatic carbocycles. The van der Waals surface area contributed by atoms with Crippen molar-refractivity contribution in [2.24, 2.45) is 10.8 Å². The molecular weight excluding hydrogens is 256 g/mol. The fraction of sp³-hybridized carbons (Fsp3) is 0.867. The molecule has 1 atom stereocenters. The molecule has 1 saturated carbocycles. The van der Waals surface area contributed by atoms with E-state index in [4.69, 9.17) is 0 Å². The number of carboxylic acid groups (broad SMARTS) is 1. The van der Waals surface area contributed by atoms with Crippen LogP contribution in [0.2, 0.25) is 0 Å². The van der Waals surface area contributed by atoms with Crippen molar-refractivity contribution in [3.05, 3.63) is 0 Å². The predicted molar refractivity (Wildman–Crippen MR) is 76.5 cm³/mol. The van der Waals surface area contributed by atoms with Gasteiger partial charge in [-0.3, -0.25) is 4.79 Å². The number of carbonyl (C=O) groups is 2. The van der Waals surface area contributed by atoms with Crippen molar-refractivity contribution in [2.75, 3.05) is 19.6 Å². The monoisotopic (exact) mass is 282 g/mol. The lowest BCUT2D eigenvalue weighted by molar-refractivity contribution is -0.148. The van der Waals surface area contributed by atoms with Crippen LogP contribution in [0.3, 0.4) is 0 Å². The average molecular weight is 282 g/mol. The molecule has 114 valence electrons. The molecule has 0 aromatic rings. The molecule has 1 heterocycles. The summed E-state index contributed by atoms with van der Waals surface area (Å²) in [4.78, 5) is 25.2. The lowest BCUT2D eigenvalue weighted by Gasteiger charge is -2.24. The number of nitrogens with zero attached hydrogens (tertiary/aromatic N) is 1. The molecule has 5 nitrogen and oxygen atoms in total. The van der Waals surface area contributed by atoms with Gasteiger partial charge < -0.3 is 15.3 Å². The Morgan fingerprint density at radius 1 is 1.25 bits per heavy atom. The summed E-state index contributed by atoms with van der Waals surface area (Å²) in [7, 11) is 0. The number of hydrogen-bond donors (Lipinski definition) is 2. The molecule has 20 heavy (non-hydrogen) atoms. The molecule has 1 aliphatic heterocycles. The summed E-state index contributed by atoms with van der Waals surface area (Å²) in [6.45, 7) is 5.68. The van der Waals surface area contributed by atoms with Gasteiger partial charge in [0.15, 0.2) is 0 Å². The minimum Gasteiger partial charge on any atom is -0.481 e. The largest absolute Gasteiger partial charge is 0.481 e. The SMILES string of the molecule is CCCC1(CNC(=O)N2CCC(CC)(C(=O)O)C2)CC1. The smallest absolute Gasteiger partial charge is 0.317 e. The molecule has 1 unspecified atom stereocenters. The zero-order valence-electron chi connectivity index (χ0n) is 12.6. The maximum absolute atomic E-state index is 12.2. The Hall–Kier alpha value is -1.26. The summed E-state index contributed by atoms with van der Waals surface area (Å²) in [5.74, 6) is -0.778. The van der Waals surface area contributed by atoms with Gasteiger partial charge in [0.05, 0.1) is 5.41 Å². The Kier molecular flexibility index (Phi) is 4.25. The quantitative estimate of drug-likeness (QED) is 0.786. The fourth-order valence-electron chi connectivity index (χ4n) is 3.26. The summed E-state index contributed by atoms with van der Waals surface area (Å²) in [6.07, 6.45) is 5.86. The lowest BCUT2D eigenvalue weighted by atomic mass is 9.84. The highest BCUT2D eigenvalue weighted by molar-refractivity contribution is 5.79. The number of aliphatic carboxylic acids is 1. The molecule has 2 fully saturated rings. The second kappa shape index (κ2) is 5.62. The van der Waals surface area contributed by atoms with E-state index in [1.54, 1.807) is 4.90 Å². The van der Waals surface area contributed by atoms with Gasteiger partial charge in [0.1, 0.15) is 0 Å². The van der Waals surface area contributed by atoms with E-state index in [0.29, 0.717) is 31.3 Å². The second-order valence-electron chi connectivity index (χ2n) is 6.52. The Morgan fingerprint density at radius 3 is 2.40 bits per heavy atom. The Balaban J connectivity index is 1.84. The van der Waals surface area contributed by atoms with Crippen LogP contribution in [0.5, 0.6) is 0 Å². The molecule has 0 spiro atoms. The molecule has 5 heteroatoms. The zero-order chi connectivity index (χ0) is 14.8. The van der Waals surface area contributed by atoms with Crippen molar-refractivity contribution in [1.29, 1.82) is 0 Å². The van der Waals surface area contributed by atoms with E-state index in [2.05, 4.69) is 12.2 Å². The number of nitrogens with one attached hydrogen (secondary N) is 1. The average Bonchev–Trinajstić information content (AvgIpc) is 3.04. The predicted octanol–water partition coefficient (Wildman–Crippen LogP) is 2.46. The molecule has 2 aliphatic rings. The van der Waals surface area contributed by atoms with Crippen molar-refractivity contribution in [1.82, 2.24) is 10.2 Å². The second-order valence-corrected chi connectivity index (χ2v) is 6.52. The number of rotatable bonds is 6. The van der Waals surface area contributed by atoms with Gasteiger partial charge in [-0.15, -0.1) is 0 Å². The van der Waals surface area contributed by atoms with Gasteiger partial charge in [0, 0.05) is 19.6 Å². The van der Waals surface area contributed by atoms with Crippen LogP contribution in [0, 0.1) is 10.8 Å². The van der Waals surface area contributed by atoms with Crippen LogP contribution in [0.25, 0.3) is 0 Å². The summed E-state index contributed by atoms with van der Waals surface area (Å²) >= 11 is 0. The highest BCUT2D eigenvalue weighted by Gasteiger charge is 2.46. The van der Waals surface area contributed by atoms with Crippen LogP contribution in [-0.4, -0.2) is 41.6 Å². The highest BCUT2D eigenvalue weighted by atomic mass is 16.4. The van der Waals surface area contributed by atoms with E-state index in [0.717, 1.165) is 13.0 Å². The van der Waals surface area contributed by atoms with Gasteiger partial charge in [0.2, 0.25) is 0 Å². The van der Waals surface area contributed by atoms with Gasteiger partial charge in [-0.2, -0.15) is 0 Å². The number of hydrogen-bond acceptors (Lipinski definition) is 2. The van der Waals surface area contributed by atoms with Crippen LogP contribution in [-0.2, 0) is 4.79 Å². The third-order valence-corrected chi connectivity index (χ3v) is 5.12. The molecule has 0 bridgehead atoms. The Bertz CT molecular complexity index is 393. The van der Waals surface area contributed by atoms with Crippen LogP contribution < -0.4 is 5.32 Å². The maximum atomic E-state index is 12.2. The van der Waals surface area contributed by atoms with Gasteiger partial charge in [0.25, 0.3) is 0 Å². The molecule has 2 N–H and O–H groups in total. The van der Waals surface area contributed by atoms with Crippen LogP contribution in [0.4, 0.5) is 4.79 Å². The number of amides is 2. The zero-order valence-corrected chi connectivity index (χ0v) is 12.6. The minimum atomic E-state index is -0.778. The summed E-state index contributed by atoms with van der Waals surface area (Å²) in [6, 6.07) is -0.0936. The van der Waals surface area contributed by atoms with E-state index in [1.165, 1.54) is 19.3 Å². The number of urea groups is 1. The minimum absolute atomic E-state index is 0.0936. The molecular formula is C15H26N2O3. The van der Waals surface area contributed by atoms with Crippen LogP contribution in [0.1, 0.15) is 52.4 Å². The first-order valence-electron chi connectivity index (χ1n) is 7.73. The van der Waals surface area contributed by atoms with Crippen molar-refractivity contribution < 1.29 is 14.7 Å². The van der Waals surface area contributed by atoms with Crippen molar-refractivity contribution in [3.8, 4) is 0 Å². The van der Waals surface area contributed by atoms with Crippen molar-refractivity contribution in [2.45, 2.75) is 52.4 Å². The highest BCUT2D eigenvalue weighted by Crippen LogP contribution is 2.49. The maximum Gasteiger partial charge on any atom is 0.317 e. The number of likely N-dealkylation sites (tertiary alicyclic amines) is 1. The summed E-state index contributed by atoms with van der Waals surface area (Å²) in [5, 5.41) is 12.4. The topological polar surface area (TPSA) is 69.6 Å². The standard InChI is InChI=1S/C15H26N2O3/c1-3-5-14(6-7-14)10-16-13(20)17-9-8-15(4-2,11-17)12(18)19/h3-11H2,1-2H3,(H,16,20)(H,18,19).